The fraction of sp³-hybridized carbons (Fsp3) is 0.672. The van der Waals surface area contributed by atoms with Crippen LogP contribution in [0.3, 0.4) is 0 Å². The van der Waals surface area contributed by atoms with Gasteiger partial charge in [0.2, 0.25) is 41.4 Å². The van der Waals surface area contributed by atoms with Gasteiger partial charge in [-0.05, 0) is 92.4 Å². The Labute approximate surface area is 554 Å². The van der Waals surface area contributed by atoms with Gasteiger partial charge in [0, 0.05) is 60.1 Å². The van der Waals surface area contributed by atoms with Crippen molar-refractivity contribution in [2.24, 2.45) is 35.3 Å². The third-order valence-corrected chi connectivity index (χ3v) is 17.9. The minimum atomic E-state index is -1.11. The second-order valence-corrected chi connectivity index (χ2v) is 26.0. The average Bonchev–Trinajstić information content (AvgIpc) is 1.33. The number of primary amides is 1. The molecule has 2 aliphatic rings. The number of anilines is 1. The molecule has 2 aliphatic heterocycles. The molecule has 27 nitrogen and oxygen atoms in total. The van der Waals surface area contributed by atoms with Crippen molar-refractivity contribution in [1.82, 2.24) is 51.5 Å². The van der Waals surface area contributed by atoms with Gasteiger partial charge in [0.1, 0.15) is 37.0 Å². The molecule has 2 aromatic rings. The van der Waals surface area contributed by atoms with Crippen molar-refractivity contribution >= 4 is 65.2 Å². The third kappa shape index (κ3) is 23.1. The maximum absolute atomic E-state index is 14.8. The SMILES string of the molecule is CC[C@H](C)[C@@H]([C@@H](CC(=O)N1CCC[C@H]1[C@H](OC)[C@@H](C)C(=O)N[C@H](C)[C@@H](O)c1ccccc1)OC)N(C)C(=O)[C@@H](NC(=O)[C@H](C(C)C)N(C)C(=O)OCc1ccc(NC(=O)[C@H](CCCNC(N)=O)NC(=O)[C@@H](NC(=O)CCCCCN2C(=O)NCC2O)C(C)C)cc1)C(C)C. The number of nitrogens with one attached hydrogen (secondary N) is 7. The van der Waals surface area contributed by atoms with Gasteiger partial charge in [0.05, 0.1) is 55.3 Å². The maximum atomic E-state index is 14.8. The van der Waals surface area contributed by atoms with Crippen LogP contribution in [0.5, 0.6) is 0 Å². The molecule has 0 spiro atoms. The predicted molar refractivity (Wildman–Crippen MR) is 354 cm³/mol. The molecule has 27 heteroatoms. The number of methoxy groups -OCH3 is 2. The van der Waals surface area contributed by atoms with Gasteiger partial charge in [0.25, 0.3) is 0 Å². The Morgan fingerprint density at radius 2 is 1.41 bits per heavy atom. The van der Waals surface area contributed by atoms with E-state index >= 15 is 0 Å². The first kappa shape index (κ1) is 78.8. The highest BCUT2D eigenvalue weighted by Crippen LogP contribution is 2.31. The molecule has 2 heterocycles. The summed E-state index contributed by atoms with van der Waals surface area (Å²) in [6.45, 7) is 18.9. The van der Waals surface area contributed by atoms with Crippen LogP contribution < -0.4 is 43.0 Å². The summed E-state index contributed by atoms with van der Waals surface area (Å²) < 4.78 is 17.8. The van der Waals surface area contributed by atoms with E-state index < -0.39 is 120 Å². The Hall–Kier alpha value is -7.62. The van der Waals surface area contributed by atoms with Crippen molar-refractivity contribution in [2.45, 2.75) is 207 Å². The lowest BCUT2D eigenvalue weighted by Crippen LogP contribution is -2.60. The quantitative estimate of drug-likeness (QED) is 0.0414. The molecule has 0 saturated carbocycles. The van der Waals surface area contributed by atoms with E-state index in [0.717, 1.165) is 0 Å². The van der Waals surface area contributed by atoms with Crippen LogP contribution >= 0.6 is 0 Å². The number of nitrogens with zero attached hydrogens (tertiary/aromatic N) is 4. The summed E-state index contributed by atoms with van der Waals surface area (Å²) in [6.07, 6.45) is -0.205. The fourth-order valence-electron chi connectivity index (χ4n) is 12.2. The van der Waals surface area contributed by atoms with Crippen LogP contribution in [0.1, 0.15) is 151 Å². The molecule has 2 saturated heterocycles. The van der Waals surface area contributed by atoms with Gasteiger partial charge in [-0.25, -0.2) is 14.4 Å². The number of hydrogen-bond donors (Lipinski definition) is 10. The maximum Gasteiger partial charge on any atom is 0.410 e. The van der Waals surface area contributed by atoms with E-state index in [1.165, 1.54) is 31.1 Å². The van der Waals surface area contributed by atoms with Crippen molar-refractivity contribution in [2.75, 3.05) is 59.8 Å². The molecule has 13 atom stereocenters. The Balaban J connectivity index is 1.37. The van der Waals surface area contributed by atoms with E-state index in [1.54, 1.807) is 109 Å². The van der Waals surface area contributed by atoms with Crippen LogP contribution in [0, 0.1) is 29.6 Å². The molecule has 0 aromatic heterocycles. The normalized spacial score (nSPS) is 18.3. The second-order valence-electron chi connectivity index (χ2n) is 26.0. The summed E-state index contributed by atoms with van der Waals surface area (Å²) in [5.41, 5.74) is 6.78. The third-order valence-electron chi connectivity index (χ3n) is 17.9. The molecule has 11 N–H and O–H groups in total. The summed E-state index contributed by atoms with van der Waals surface area (Å²) >= 11 is 0. The summed E-state index contributed by atoms with van der Waals surface area (Å²) in [7, 11) is 6.08. The number of carbonyl (C=O) groups is 10. The Morgan fingerprint density at radius 1 is 0.755 bits per heavy atom. The molecule has 0 radical (unpaired) electrons. The van der Waals surface area contributed by atoms with Gasteiger partial charge in [-0.1, -0.05) is 118 Å². The Bertz CT molecular complexity index is 2800. The standard InChI is InChI=1S/C67H108N12O15/c1-15-42(8)57(50(92-13)36-52(81)78-35-23-27-49(78)59(93-14)43(9)60(84)71-44(10)58(83)46-24-18-16-19-25-46)76(11)64(88)55(40(4)5)75-63(87)56(41(6)7)77(12)67(91)94-38-45-29-31-47(32-30-45)72-61(85)48(26-22-33-69-65(68)89)73-62(86)54(39(2)3)74-51(80)28-20-17-21-34-79-53(82)37-70-66(79)90/h16,18-19,24-25,29-32,39-44,48-50,53-59,82-83H,15,17,20-23,26-28,33-38H2,1-14H3,(H,70,90)(H,71,84)(H,72,85)(H,73,86)(H,74,80)(H,75,87)(H3,68,69,89)/t42-,43+,44+,48-,49-,50+,53?,54-,55-,56-,57-,58+,59+/m0/s1. The highest BCUT2D eigenvalue weighted by atomic mass is 16.6. The van der Waals surface area contributed by atoms with Gasteiger partial charge in [0.15, 0.2) is 0 Å². The van der Waals surface area contributed by atoms with Crippen molar-refractivity contribution in [3.8, 4) is 0 Å². The van der Waals surface area contributed by atoms with Crippen LogP contribution in [0.15, 0.2) is 54.6 Å². The number of rotatable bonds is 38. The molecule has 4 rings (SSSR count). The number of ether oxygens (including phenoxy) is 3. The topological polar surface area (TPSA) is 362 Å². The zero-order chi connectivity index (χ0) is 70.1. The lowest BCUT2D eigenvalue weighted by Gasteiger charge is -2.41. The zero-order valence-electron chi connectivity index (χ0n) is 57.6. The fourth-order valence-corrected chi connectivity index (χ4v) is 12.2. The number of likely N-dealkylation sites (N-methyl/N-ethyl adjacent to an activating group) is 2. The summed E-state index contributed by atoms with van der Waals surface area (Å²) in [5, 5.41) is 40.2. The largest absolute Gasteiger partial charge is 0.445 e. The minimum absolute atomic E-state index is 0.0902. The minimum Gasteiger partial charge on any atom is -0.445 e. The monoisotopic (exact) mass is 1320 g/mol. The van der Waals surface area contributed by atoms with Gasteiger partial charge in [-0.15, -0.1) is 0 Å². The van der Waals surface area contributed by atoms with Crippen LogP contribution in [0.4, 0.5) is 20.1 Å². The molecular weight excluding hydrogens is 1210 g/mol. The molecule has 94 heavy (non-hydrogen) atoms. The van der Waals surface area contributed by atoms with E-state index in [1.807, 2.05) is 32.0 Å². The first-order chi connectivity index (χ1) is 44.5. The smallest absolute Gasteiger partial charge is 0.410 e. The number of benzene rings is 2. The molecule has 2 aromatic carbocycles. The first-order valence-electron chi connectivity index (χ1n) is 33.1. The first-order valence-corrected chi connectivity index (χ1v) is 33.1. The number of aliphatic hydroxyl groups excluding tert-OH is 2. The van der Waals surface area contributed by atoms with Crippen molar-refractivity contribution < 1.29 is 72.4 Å². The lowest BCUT2D eigenvalue weighted by molar-refractivity contribution is -0.148. The van der Waals surface area contributed by atoms with Gasteiger partial charge in [-0.3, -0.25) is 43.4 Å². The second kappa shape index (κ2) is 38.7. The van der Waals surface area contributed by atoms with E-state index in [0.29, 0.717) is 68.4 Å². The highest BCUT2D eigenvalue weighted by Gasteiger charge is 2.44. The number of nitrogens with two attached hydrogens (primary N) is 1. The number of hydrogen-bond acceptors (Lipinski definition) is 15. The Kier molecular flexibility index (Phi) is 32.4. The molecule has 0 aliphatic carbocycles. The number of urea groups is 2. The predicted octanol–water partition coefficient (Wildman–Crippen LogP) is 4.50. The highest BCUT2D eigenvalue weighted by molar-refractivity contribution is 5.98. The lowest BCUT2D eigenvalue weighted by atomic mass is 9.89. The Morgan fingerprint density at radius 3 is 1.99 bits per heavy atom. The number of amides is 12. The van der Waals surface area contributed by atoms with E-state index in [-0.39, 0.29) is 81.0 Å². The molecule has 0 bridgehead atoms. The number of carbonyl (C=O) groups excluding carboxylic acids is 10. The summed E-state index contributed by atoms with van der Waals surface area (Å²) in [6, 6.07) is 8.44. The van der Waals surface area contributed by atoms with Crippen LogP contribution in [-0.2, 0) is 54.4 Å². The van der Waals surface area contributed by atoms with Crippen molar-refractivity contribution in [3.63, 3.8) is 0 Å². The van der Waals surface area contributed by atoms with E-state index in [9.17, 15) is 58.2 Å². The number of unbranched alkanes of at least 4 members (excludes halogenated alkanes) is 2. The van der Waals surface area contributed by atoms with Crippen LogP contribution in [0.2, 0.25) is 0 Å². The summed E-state index contributed by atoms with van der Waals surface area (Å²) in [5.74, 6) is -5.22. The number of aliphatic hydroxyl groups is 2. The summed E-state index contributed by atoms with van der Waals surface area (Å²) in [4.78, 5) is 141. The molecule has 12 amide bonds. The van der Waals surface area contributed by atoms with E-state index in [4.69, 9.17) is 19.9 Å². The molecule has 526 valence electrons. The van der Waals surface area contributed by atoms with Crippen molar-refractivity contribution in [1.29, 1.82) is 0 Å². The zero-order valence-corrected chi connectivity index (χ0v) is 57.6. The number of likely N-dealkylation sites (tertiary alicyclic amines) is 1. The van der Waals surface area contributed by atoms with Crippen LogP contribution in [0.25, 0.3) is 0 Å². The van der Waals surface area contributed by atoms with Gasteiger partial charge in [-0.2, -0.15) is 0 Å². The van der Waals surface area contributed by atoms with Gasteiger partial charge < -0.3 is 77.2 Å². The average molecular weight is 1320 g/mol. The van der Waals surface area contributed by atoms with Gasteiger partial charge >= 0.3 is 18.2 Å². The van der Waals surface area contributed by atoms with Crippen LogP contribution in [-0.4, -0.2) is 205 Å². The molecule has 2 fully saturated rings. The number of β-amino-alcohol motifs (C(OH)–C–C–N with tert-alkyl or cyclic N) is 1. The van der Waals surface area contributed by atoms with E-state index in [2.05, 4.69) is 37.2 Å². The van der Waals surface area contributed by atoms with Crippen molar-refractivity contribution in [3.05, 3.63) is 65.7 Å². The molecular formula is C67H108N12O15. The molecule has 1 unspecified atom stereocenters.